The molecule has 0 radical (unpaired) electrons. The Labute approximate surface area is 89.8 Å². The zero-order valence-corrected chi connectivity index (χ0v) is 10.0. The highest BCUT2D eigenvalue weighted by Gasteiger charge is 2.21. The molecule has 0 aliphatic carbocycles. The summed E-state index contributed by atoms with van der Waals surface area (Å²) in [7, 11) is -1.67. The number of esters is 1. The SMILES string of the molecule is COC(=O)C(C)CC(C)OS(=O)(=O)OC. The molecule has 2 unspecified atom stereocenters. The van der Waals surface area contributed by atoms with E-state index in [1.54, 1.807) is 6.92 Å². The molecule has 0 aromatic rings. The molecule has 0 saturated carbocycles. The molecule has 0 amide bonds. The van der Waals surface area contributed by atoms with Gasteiger partial charge in [-0.15, -0.1) is 0 Å². The lowest BCUT2D eigenvalue weighted by molar-refractivity contribution is -0.145. The van der Waals surface area contributed by atoms with Gasteiger partial charge < -0.3 is 4.74 Å². The molecule has 90 valence electrons. The summed E-state index contributed by atoms with van der Waals surface area (Å²) in [4.78, 5) is 11.0. The van der Waals surface area contributed by atoms with Crippen LogP contribution in [0.25, 0.3) is 0 Å². The van der Waals surface area contributed by atoms with Crippen LogP contribution in [-0.4, -0.2) is 34.7 Å². The molecule has 2 atom stereocenters. The standard InChI is InChI=1S/C8H16O6S/c1-6(8(9)12-3)5-7(2)14-15(10,11)13-4/h6-7H,5H2,1-4H3. The minimum absolute atomic E-state index is 0.245. The van der Waals surface area contributed by atoms with Gasteiger partial charge in [-0.1, -0.05) is 6.92 Å². The predicted octanol–water partition coefficient (Wildman–Crippen LogP) is 0.482. The van der Waals surface area contributed by atoms with E-state index in [1.165, 1.54) is 14.0 Å². The van der Waals surface area contributed by atoms with Gasteiger partial charge in [0.2, 0.25) is 0 Å². The second-order valence-electron chi connectivity index (χ2n) is 3.14. The van der Waals surface area contributed by atoms with Crippen LogP contribution in [-0.2, 0) is 28.3 Å². The average molecular weight is 240 g/mol. The first kappa shape index (κ1) is 14.3. The monoisotopic (exact) mass is 240 g/mol. The molecule has 6 nitrogen and oxygen atoms in total. The molecule has 0 aromatic heterocycles. The first-order valence-corrected chi connectivity index (χ1v) is 5.72. The van der Waals surface area contributed by atoms with Gasteiger partial charge in [-0.05, 0) is 13.3 Å². The first-order chi connectivity index (χ1) is 6.82. The molecule has 7 heteroatoms. The highest BCUT2D eigenvalue weighted by molar-refractivity contribution is 7.81. The van der Waals surface area contributed by atoms with Crippen LogP contribution in [0.2, 0.25) is 0 Å². The maximum atomic E-state index is 11.0. The van der Waals surface area contributed by atoms with E-state index in [-0.39, 0.29) is 6.42 Å². The van der Waals surface area contributed by atoms with Crippen LogP contribution in [0.1, 0.15) is 20.3 Å². The van der Waals surface area contributed by atoms with Gasteiger partial charge in [-0.25, -0.2) is 4.18 Å². The highest BCUT2D eigenvalue weighted by atomic mass is 32.3. The molecule has 0 aliphatic rings. The summed E-state index contributed by atoms with van der Waals surface area (Å²) >= 11 is 0. The summed E-state index contributed by atoms with van der Waals surface area (Å²) in [5, 5.41) is 0. The number of carbonyl (C=O) groups is 1. The minimum Gasteiger partial charge on any atom is -0.469 e. The summed E-state index contributed by atoms with van der Waals surface area (Å²) < 4.78 is 34.9. The molecule has 0 bridgehead atoms. The van der Waals surface area contributed by atoms with E-state index in [1.807, 2.05) is 0 Å². The van der Waals surface area contributed by atoms with Gasteiger partial charge in [-0.2, -0.15) is 8.42 Å². The van der Waals surface area contributed by atoms with Crippen molar-refractivity contribution in [3.63, 3.8) is 0 Å². The molecule has 0 N–H and O–H groups in total. The summed E-state index contributed by atoms with van der Waals surface area (Å²) in [6, 6.07) is 0. The Morgan fingerprint density at radius 3 is 2.20 bits per heavy atom. The number of hydrogen-bond donors (Lipinski definition) is 0. The quantitative estimate of drug-likeness (QED) is 0.628. The van der Waals surface area contributed by atoms with Crippen molar-refractivity contribution < 1.29 is 26.3 Å². The van der Waals surface area contributed by atoms with E-state index in [0.717, 1.165) is 7.11 Å². The summed E-state index contributed by atoms with van der Waals surface area (Å²) in [5.74, 6) is -0.822. The lowest BCUT2D eigenvalue weighted by atomic mass is 10.1. The second-order valence-corrected chi connectivity index (χ2v) is 4.48. The Hall–Kier alpha value is -0.660. The highest BCUT2D eigenvalue weighted by Crippen LogP contribution is 2.12. The van der Waals surface area contributed by atoms with E-state index >= 15 is 0 Å². The van der Waals surface area contributed by atoms with Crippen LogP contribution in [0.15, 0.2) is 0 Å². The maximum absolute atomic E-state index is 11.0. The number of rotatable bonds is 6. The molecule has 0 heterocycles. The Morgan fingerprint density at radius 2 is 1.80 bits per heavy atom. The molecule has 0 saturated heterocycles. The Bertz CT molecular complexity index is 296. The Balaban J connectivity index is 4.15. The topological polar surface area (TPSA) is 78.9 Å². The zero-order chi connectivity index (χ0) is 12.1. The molecule has 0 rings (SSSR count). The largest absolute Gasteiger partial charge is 0.469 e. The van der Waals surface area contributed by atoms with Crippen molar-refractivity contribution in [3.05, 3.63) is 0 Å². The van der Waals surface area contributed by atoms with Gasteiger partial charge in [0.15, 0.2) is 0 Å². The minimum atomic E-state index is -3.95. The number of carbonyl (C=O) groups excluding carboxylic acids is 1. The Morgan fingerprint density at radius 1 is 1.27 bits per heavy atom. The lowest BCUT2D eigenvalue weighted by Gasteiger charge is -2.14. The number of methoxy groups -OCH3 is 1. The van der Waals surface area contributed by atoms with Gasteiger partial charge in [0.1, 0.15) is 0 Å². The lowest BCUT2D eigenvalue weighted by Crippen LogP contribution is -2.22. The van der Waals surface area contributed by atoms with Crippen LogP contribution >= 0.6 is 0 Å². The van der Waals surface area contributed by atoms with Crippen LogP contribution in [0, 0.1) is 5.92 Å². The van der Waals surface area contributed by atoms with Crippen LogP contribution in [0.4, 0.5) is 0 Å². The fourth-order valence-corrected chi connectivity index (χ4v) is 1.63. The van der Waals surface area contributed by atoms with Crippen LogP contribution in [0.3, 0.4) is 0 Å². The van der Waals surface area contributed by atoms with E-state index in [2.05, 4.69) is 13.1 Å². The number of hydrogen-bond acceptors (Lipinski definition) is 6. The van der Waals surface area contributed by atoms with Crippen LogP contribution < -0.4 is 0 Å². The van der Waals surface area contributed by atoms with Crippen molar-refractivity contribution in [2.75, 3.05) is 14.2 Å². The molecule has 0 aromatic carbocycles. The molecular weight excluding hydrogens is 224 g/mol. The molecule has 0 aliphatic heterocycles. The number of ether oxygens (including phenoxy) is 1. The Kier molecular flexibility index (Phi) is 5.77. The van der Waals surface area contributed by atoms with Gasteiger partial charge in [0.05, 0.1) is 26.2 Å². The third kappa shape index (κ3) is 5.71. The fraction of sp³-hybridized carbons (Fsp3) is 0.875. The van der Waals surface area contributed by atoms with E-state index in [0.29, 0.717) is 0 Å². The van der Waals surface area contributed by atoms with E-state index in [4.69, 9.17) is 0 Å². The predicted molar refractivity (Wildman–Crippen MR) is 52.3 cm³/mol. The van der Waals surface area contributed by atoms with E-state index in [9.17, 15) is 13.2 Å². The van der Waals surface area contributed by atoms with Crippen molar-refractivity contribution in [3.8, 4) is 0 Å². The van der Waals surface area contributed by atoms with Crippen molar-refractivity contribution in [2.45, 2.75) is 26.4 Å². The molecular formula is C8H16O6S. The van der Waals surface area contributed by atoms with Crippen LogP contribution in [0.5, 0.6) is 0 Å². The normalized spacial score (nSPS) is 15.7. The second kappa shape index (κ2) is 6.04. The van der Waals surface area contributed by atoms with Crippen molar-refractivity contribution in [1.29, 1.82) is 0 Å². The first-order valence-electron chi connectivity index (χ1n) is 4.39. The average Bonchev–Trinajstić information content (AvgIpc) is 2.15. The summed E-state index contributed by atoms with van der Waals surface area (Å²) in [6.45, 7) is 3.17. The third-order valence-electron chi connectivity index (χ3n) is 1.78. The van der Waals surface area contributed by atoms with Gasteiger partial charge in [0, 0.05) is 0 Å². The molecule has 0 fully saturated rings. The van der Waals surface area contributed by atoms with Gasteiger partial charge in [-0.3, -0.25) is 8.98 Å². The van der Waals surface area contributed by atoms with Crippen molar-refractivity contribution >= 4 is 16.4 Å². The molecule has 15 heavy (non-hydrogen) atoms. The van der Waals surface area contributed by atoms with E-state index < -0.39 is 28.4 Å². The zero-order valence-electron chi connectivity index (χ0n) is 9.22. The van der Waals surface area contributed by atoms with Gasteiger partial charge in [0.25, 0.3) is 0 Å². The van der Waals surface area contributed by atoms with Crippen molar-refractivity contribution in [1.82, 2.24) is 0 Å². The van der Waals surface area contributed by atoms with Gasteiger partial charge >= 0.3 is 16.4 Å². The third-order valence-corrected chi connectivity index (χ3v) is 2.75. The smallest absolute Gasteiger partial charge is 0.399 e. The van der Waals surface area contributed by atoms with Crippen molar-refractivity contribution in [2.24, 2.45) is 5.92 Å². The maximum Gasteiger partial charge on any atom is 0.399 e. The summed E-state index contributed by atoms with van der Waals surface area (Å²) in [6.07, 6.45) is -0.390. The fourth-order valence-electron chi connectivity index (χ4n) is 1.08. The molecule has 0 spiro atoms. The summed E-state index contributed by atoms with van der Waals surface area (Å²) in [5.41, 5.74) is 0.